The molecule has 0 heterocycles. The van der Waals surface area contributed by atoms with Crippen LogP contribution in [0.3, 0.4) is 0 Å². The van der Waals surface area contributed by atoms with E-state index in [0.29, 0.717) is 22.1 Å². The maximum atomic E-state index is 12.3. The Bertz CT molecular complexity index is 658. The second-order valence-electron chi connectivity index (χ2n) is 4.43. The van der Waals surface area contributed by atoms with Crippen LogP contribution in [0.2, 0.25) is 5.02 Å². The van der Waals surface area contributed by atoms with Gasteiger partial charge < -0.3 is 9.47 Å². The Morgan fingerprint density at radius 3 is 2.62 bits per heavy atom. The minimum atomic E-state index is -0.617. The van der Waals surface area contributed by atoms with Crippen molar-refractivity contribution >= 4 is 33.3 Å². The molecule has 0 saturated carbocycles. The third kappa shape index (κ3) is 3.99. The van der Waals surface area contributed by atoms with Crippen LogP contribution >= 0.6 is 27.5 Å². The third-order valence-corrected chi connectivity index (χ3v) is 3.78. The van der Waals surface area contributed by atoms with E-state index in [1.54, 1.807) is 56.5 Å². The van der Waals surface area contributed by atoms with Crippen molar-refractivity contribution in [1.29, 1.82) is 0 Å². The Kier molecular flexibility index (Phi) is 5.26. The topological polar surface area (TPSA) is 35.5 Å². The second kappa shape index (κ2) is 6.96. The molecule has 0 fully saturated rings. The highest BCUT2D eigenvalue weighted by Gasteiger charge is 2.18. The minimum absolute atomic E-state index is 0.125. The first kappa shape index (κ1) is 15.9. The van der Waals surface area contributed by atoms with Crippen LogP contribution in [0.5, 0.6) is 11.5 Å². The fourth-order valence-corrected chi connectivity index (χ4v) is 2.47. The fraction of sp³-hybridized carbons (Fsp3) is 0.188. The smallest absolute Gasteiger partial charge is 0.203 e. The van der Waals surface area contributed by atoms with Gasteiger partial charge in [0.15, 0.2) is 6.10 Å². The van der Waals surface area contributed by atoms with Crippen molar-refractivity contribution in [2.75, 3.05) is 7.11 Å². The Morgan fingerprint density at radius 2 is 2.00 bits per heavy atom. The van der Waals surface area contributed by atoms with E-state index in [1.165, 1.54) is 0 Å². The number of ether oxygens (including phenoxy) is 2. The number of carbonyl (C=O) groups excluding carboxylic acids is 1. The van der Waals surface area contributed by atoms with Crippen molar-refractivity contribution in [3.05, 3.63) is 57.5 Å². The predicted molar refractivity (Wildman–Crippen MR) is 86.6 cm³/mol. The Balaban J connectivity index is 2.14. The van der Waals surface area contributed by atoms with Gasteiger partial charge in [0.05, 0.1) is 11.6 Å². The van der Waals surface area contributed by atoms with Gasteiger partial charge >= 0.3 is 0 Å². The molecule has 0 amide bonds. The van der Waals surface area contributed by atoms with Gasteiger partial charge in [0, 0.05) is 10.6 Å². The van der Waals surface area contributed by atoms with Crippen molar-refractivity contribution in [3.63, 3.8) is 0 Å². The molecule has 0 saturated heterocycles. The summed E-state index contributed by atoms with van der Waals surface area (Å²) in [6.45, 7) is 1.71. The summed E-state index contributed by atoms with van der Waals surface area (Å²) < 4.78 is 11.6. The molecule has 2 aromatic rings. The van der Waals surface area contributed by atoms with Crippen LogP contribution in [0.15, 0.2) is 46.9 Å². The number of halogens is 2. The number of Topliss-reactive ketones (excluding diaryl/α,β-unsaturated/α-hetero) is 1. The summed E-state index contributed by atoms with van der Waals surface area (Å²) in [5.74, 6) is 1.17. The highest BCUT2D eigenvalue weighted by atomic mass is 79.9. The fourth-order valence-electron chi connectivity index (χ4n) is 1.82. The van der Waals surface area contributed by atoms with Crippen LogP contribution < -0.4 is 9.47 Å². The van der Waals surface area contributed by atoms with Gasteiger partial charge in [0.1, 0.15) is 11.5 Å². The molecule has 3 nitrogen and oxygen atoms in total. The zero-order valence-electron chi connectivity index (χ0n) is 11.6. The van der Waals surface area contributed by atoms with Crippen LogP contribution in [0.1, 0.15) is 17.3 Å². The van der Waals surface area contributed by atoms with Crippen LogP contribution in [0, 0.1) is 0 Å². The molecule has 1 atom stereocenters. The van der Waals surface area contributed by atoms with Gasteiger partial charge in [-0.05, 0) is 53.2 Å². The summed E-state index contributed by atoms with van der Waals surface area (Å²) in [5, 5.41) is 0.527. The molecule has 5 heteroatoms. The molecule has 0 aromatic heterocycles. The van der Waals surface area contributed by atoms with Crippen LogP contribution in [-0.4, -0.2) is 19.0 Å². The molecular formula is C16H14BrClO3. The minimum Gasteiger partial charge on any atom is -0.497 e. The number of ketones is 1. The molecule has 0 aliphatic rings. The molecule has 0 radical (unpaired) electrons. The molecule has 0 bridgehead atoms. The molecule has 21 heavy (non-hydrogen) atoms. The number of hydrogen-bond donors (Lipinski definition) is 0. The number of benzene rings is 2. The third-order valence-electron chi connectivity index (χ3n) is 2.92. The quantitative estimate of drug-likeness (QED) is 0.713. The number of carbonyl (C=O) groups is 1. The summed E-state index contributed by atoms with van der Waals surface area (Å²) in [6, 6.07) is 12.1. The highest BCUT2D eigenvalue weighted by molar-refractivity contribution is 9.10. The number of hydrogen-bond acceptors (Lipinski definition) is 3. The van der Waals surface area contributed by atoms with E-state index in [-0.39, 0.29) is 5.78 Å². The summed E-state index contributed by atoms with van der Waals surface area (Å²) in [4.78, 5) is 12.3. The zero-order chi connectivity index (χ0) is 15.4. The second-order valence-corrected chi connectivity index (χ2v) is 5.72. The standard InChI is InChI=1S/C16H14BrClO3/c1-10(16(19)11-4-3-5-12(18)8-11)21-15-7-6-13(20-2)9-14(15)17/h3-10H,1-2H3. The number of methoxy groups -OCH3 is 1. The SMILES string of the molecule is COc1ccc(OC(C)C(=O)c2cccc(Cl)c2)c(Br)c1. The highest BCUT2D eigenvalue weighted by Crippen LogP contribution is 2.30. The molecular weight excluding hydrogens is 356 g/mol. The lowest BCUT2D eigenvalue weighted by molar-refractivity contribution is 0.0817. The molecule has 0 aliphatic heterocycles. The predicted octanol–water partition coefficient (Wildman–Crippen LogP) is 4.76. The molecule has 0 spiro atoms. The van der Waals surface area contributed by atoms with Crippen molar-refractivity contribution < 1.29 is 14.3 Å². The summed E-state index contributed by atoms with van der Waals surface area (Å²) in [6.07, 6.45) is -0.617. The van der Waals surface area contributed by atoms with Gasteiger partial charge in [-0.3, -0.25) is 4.79 Å². The lowest BCUT2D eigenvalue weighted by Gasteiger charge is -2.15. The Morgan fingerprint density at radius 1 is 1.24 bits per heavy atom. The lowest BCUT2D eigenvalue weighted by Crippen LogP contribution is -2.24. The van der Waals surface area contributed by atoms with E-state index in [4.69, 9.17) is 21.1 Å². The monoisotopic (exact) mass is 368 g/mol. The average molecular weight is 370 g/mol. The van der Waals surface area contributed by atoms with Crippen molar-refractivity contribution in [1.82, 2.24) is 0 Å². The van der Waals surface area contributed by atoms with E-state index in [2.05, 4.69) is 15.9 Å². The van der Waals surface area contributed by atoms with Gasteiger partial charge in [0.2, 0.25) is 5.78 Å². The summed E-state index contributed by atoms with van der Waals surface area (Å²) >= 11 is 9.29. The summed E-state index contributed by atoms with van der Waals surface area (Å²) in [5.41, 5.74) is 0.527. The maximum Gasteiger partial charge on any atom is 0.203 e. The first-order valence-corrected chi connectivity index (χ1v) is 7.48. The first-order valence-electron chi connectivity index (χ1n) is 6.31. The van der Waals surface area contributed by atoms with Crippen LogP contribution in [0.25, 0.3) is 0 Å². The Labute approximate surface area is 137 Å². The van der Waals surface area contributed by atoms with E-state index in [1.807, 2.05) is 0 Å². The average Bonchev–Trinajstić information content (AvgIpc) is 2.48. The molecule has 1 unspecified atom stereocenters. The van der Waals surface area contributed by atoms with Crippen molar-refractivity contribution in [2.45, 2.75) is 13.0 Å². The molecule has 2 aromatic carbocycles. The molecule has 110 valence electrons. The lowest BCUT2D eigenvalue weighted by atomic mass is 10.1. The van der Waals surface area contributed by atoms with Gasteiger partial charge in [-0.2, -0.15) is 0 Å². The van der Waals surface area contributed by atoms with Crippen LogP contribution in [0.4, 0.5) is 0 Å². The van der Waals surface area contributed by atoms with E-state index >= 15 is 0 Å². The van der Waals surface area contributed by atoms with Crippen molar-refractivity contribution in [2.24, 2.45) is 0 Å². The van der Waals surface area contributed by atoms with Gasteiger partial charge in [-0.1, -0.05) is 23.7 Å². The molecule has 0 N–H and O–H groups in total. The van der Waals surface area contributed by atoms with Gasteiger partial charge in [-0.15, -0.1) is 0 Å². The first-order chi connectivity index (χ1) is 10.0. The normalized spacial score (nSPS) is 11.8. The summed E-state index contributed by atoms with van der Waals surface area (Å²) in [7, 11) is 1.59. The zero-order valence-corrected chi connectivity index (χ0v) is 13.9. The number of rotatable bonds is 5. The molecule has 0 aliphatic carbocycles. The molecule has 2 rings (SSSR count). The van der Waals surface area contributed by atoms with E-state index in [0.717, 1.165) is 4.47 Å². The van der Waals surface area contributed by atoms with Gasteiger partial charge in [-0.25, -0.2) is 0 Å². The van der Waals surface area contributed by atoms with Crippen LogP contribution in [-0.2, 0) is 0 Å². The maximum absolute atomic E-state index is 12.3. The van der Waals surface area contributed by atoms with Gasteiger partial charge in [0.25, 0.3) is 0 Å². The van der Waals surface area contributed by atoms with E-state index in [9.17, 15) is 4.79 Å². The largest absolute Gasteiger partial charge is 0.497 e. The van der Waals surface area contributed by atoms with E-state index < -0.39 is 6.10 Å². The van der Waals surface area contributed by atoms with Crippen molar-refractivity contribution in [3.8, 4) is 11.5 Å². The Hall–Kier alpha value is -1.52.